The number of nitrogens with zero attached hydrogens (tertiary/aromatic N) is 2. The largest absolute Gasteiger partial charge is 0.353 e. The number of hydrogen-bond acceptors (Lipinski definition) is 3. The highest BCUT2D eigenvalue weighted by Crippen LogP contribution is 2.30. The van der Waals surface area contributed by atoms with E-state index in [4.69, 9.17) is 0 Å². The second kappa shape index (κ2) is 8.63. The van der Waals surface area contributed by atoms with Gasteiger partial charge >= 0.3 is 0 Å². The van der Waals surface area contributed by atoms with Crippen LogP contribution in [0.5, 0.6) is 0 Å². The maximum Gasteiger partial charge on any atom is 0.224 e. The van der Waals surface area contributed by atoms with Gasteiger partial charge in [-0.15, -0.1) is 0 Å². The van der Waals surface area contributed by atoms with Crippen LogP contribution in [0.1, 0.15) is 24.1 Å². The van der Waals surface area contributed by atoms with Crippen LogP contribution in [0.15, 0.2) is 79.0 Å². The summed E-state index contributed by atoms with van der Waals surface area (Å²) in [5, 5.41) is 5.23. The number of hydrogen-bond donors (Lipinski definition) is 2. The second-order valence-corrected chi connectivity index (χ2v) is 7.97. The molecule has 158 valence electrons. The zero-order valence-corrected chi connectivity index (χ0v) is 17.9. The van der Waals surface area contributed by atoms with Crippen LogP contribution in [0.4, 0.5) is 5.69 Å². The van der Waals surface area contributed by atoms with E-state index in [-0.39, 0.29) is 5.91 Å². The first-order chi connectivity index (χ1) is 15.7. The number of benzene rings is 2. The van der Waals surface area contributed by atoms with E-state index in [9.17, 15) is 4.79 Å². The minimum Gasteiger partial charge on any atom is -0.353 e. The topological polar surface area (TPSA) is 70.7 Å². The molecule has 3 aromatic heterocycles. The number of aromatic amines is 1. The molecule has 2 aromatic carbocycles. The zero-order valence-electron chi connectivity index (χ0n) is 17.9. The Morgan fingerprint density at radius 1 is 0.969 bits per heavy atom. The minimum absolute atomic E-state index is 0.0139. The Bertz CT molecular complexity index is 1410. The number of aryl methyl sites for hydroxylation is 2. The van der Waals surface area contributed by atoms with E-state index in [0.717, 1.165) is 52.0 Å². The molecule has 0 aliphatic heterocycles. The van der Waals surface area contributed by atoms with Crippen LogP contribution in [-0.2, 0) is 11.2 Å². The van der Waals surface area contributed by atoms with Crippen LogP contribution in [0.3, 0.4) is 0 Å². The summed E-state index contributed by atoms with van der Waals surface area (Å²) in [7, 11) is 0. The van der Waals surface area contributed by atoms with E-state index in [1.165, 1.54) is 10.9 Å². The molecular weight excluding hydrogens is 396 g/mol. The predicted molar refractivity (Wildman–Crippen MR) is 130 cm³/mol. The first-order valence-electron chi connectivity index (χ1n) is 10.9. The molecule has 3 heterocycles. The number of rotatable bonds is 6. The molecule has 0 bridgehead atoms. The molecule has 32 heavy (non-hydrogen) atoms. The molecule has 0 aliphatic rings. The van der Waals surface area contributed by atoms with Crippen molar-refractivity contribution >= 4 is 33.4 Å². The highest BCUT2D eigenvalue weighted by molar-refractivity contribution is 6.01. The number of H-pyrrole nitrogens is 1. The number of anilines is 1. The monoisotopic (exact) mass is 420 g/mol. The summed E-state index contributed by atoms with van der Waals surface area (Å²) in [6, 6.07) is 24.0. The van der Waals surface area contributed by atoms with Crippen molar-refractivity contribution in [3.63, 3.8) is 0 Å². The van der Waals surface area contributed by atoms with Gasteiger partial charge in [-0.2, -0.15) is 0 Å². The summed E-state index contributed by atoms with van der Waals surface area (Å²) in [6.07, 6.45) is 3.78. The molecule has 0 aliphatic carbocycles. The van der Waals surface area contributed by atoms with Crippen molar-refractivity contribution in [2.75, 3.05) is 5.32 Å². The van der Waals surface area contributed by atoms with E-state index in [2.05, 4.69) is 32.4 Å². The normalized spacial score (nSPS) is 11.2. The molecular formula is C27H24N4O. The molecule has 0 radical (unpaired) electrons. The molecule has 5 heteroatoms. The lowest BCUT2D eigenvalue weighted by atomic mass is 10.0. The van der Waals surface area contributed by atoms with Gasteiger partial charge in [0, 0.05) is 34.6 Å². The van der Waals surface area contributed by atoms with Crippen molar-refractivity contribution in [3.8, 4) is 11.4 Å². The second-order valence-electron chi connectivity index (χ2n) is 7.97. The lowest BCUT2D eigenvalue weighted by molar-refractivity contribution is -0.116. The summed E-state index contributed by atoms with van der Waals surface area (Å²) in [5.74, 6) is 0.0139. The number of para-hydroxylation sites is 2. The summed E-state index contributed by atoms with van der Waals surface area (Å²) in [5.41, 5.74) is 6.84. The zero-order chi connectivity index (χ0) is 21.9. The standard InChI is InChI=1S/C27H24N4O/c1-18-17-25(21-10-3-5-13-23(21)29-18)30-26(32)15-8-11-20-19-9-2-4-12-22(19)31-27(20)24-14-6-7-16-28-24/h2-7,9-10,12-14,16-17,31H,8,11,15H2,1H3,(H,29,30,32). The molecule has 5 aromatic rings. The van der Waals surface area contributed by atoms with Crippen molar-refractivity contribution in [2.45, 2.75) is 26.2 Å². The maximum absolute atomic E-state index is 12.8. The maximum atomic E-state index is 12.8. The van der Waals surface area contributed by atoms with Gasteiger partial charge in [-0.05, 0) is 55.7 Å². The molecule has 0 spiro atoms. The molecule has 0 saturated carbocycles. The number of carbonyl (C=O) groups excluding carboxylic acids is 1. The fourth-order valence-electron chi connectivity index (χ4n) is 4.24. The van der Waals surface area contributed by atoms with Crippen molar-refractivity contribution in [1.29, 1.82) is 0 Å². The molecule has 0 atom stereocenters. The predicted octanol–water partition coefficient (Wildman–Crippen LogP) is 6.05. The number of pyridine rings is 2. The lowest BCUT2D eigenvalue weighted by Crippen LogP contribution is -2.12. The van der Waals surface area contributed by atoms with E-state index < -0.39 is 0 Å². The van der Waals surface area contributed by atoms with Gasteiger partial charge in [-0.25, -0.2) is 0 Å². The Labute approximate surface area is 186 Å². The average Bonchev–Trinajstić information content (AvgIpc) is 3.18. The Morgan fingerprint density at radius 3 is 2.59 bits per heavy atom. The van der Waals surface area contributed by atoms with E-state index in [1.807, 2.05) is 67.6 Å². The van der Waals surface area contributed by atoms with Crippen molar-refractivity contribution in [2.24, 2.45) is 0 Å². The van der Waals surface area contributed by atoms with Crippen molar-refractivity contribution < 1.29 is 4.79 Å². The third kappa shape index (κ3) is 3.97. The first kappa shape index (κ1) is 19.9. The van der Waals surface area contributed by atoms with Gasteiger partial charge in [0.25, 0.3) is 0 Å². The number of amides is 1. The minimum atomic E-state index is 0.0139. The van der Waals surface area contributed by atoms with E-state index in [1.54, 1.807) is 6.20 Å². The third-order valence-corrected chi connectivity index (χ3v) is 5.68. The third-order valence-electron chi connectivity index (χ3n) is 5.68. The fraction of sp³-hybridized carbons (Fsp3) is 0.148. The molecule has 0 unspecified atom stereocenters. The van der Waals surface area contributed by atoms with Gasteiger partial charge in [0.1, 0.15) is 0 Å². The Kier molecular flexibility index (Phi) is 5.38. The smallest absolute Gasteiger partial charge is 0.224 e. The van der Waals surface area contributed by atoms with Gasteiger partial charge in [0.15, 0.2) is 0 Å². The van der Waals surface area contributed by atoms with Crippen LogP contribution < -0.4 is 5.32 Å². The fourth-order valence-corrected chi connectivity index (χ4v) is 4.24. The quantitative estimate of drug-likeness (QED) is 0.351. The van der Waals surface area contributed by atoms with Crippen LogP contribution in [0.25, 0.3) is 33.2 Å². The number of aromatic nitrogens is 3. The summed E-state index contributed by atoms with van der Waals surface area (Å²) in [6.45, 7) is 1.94. The van der Waals surface area contributed by atoms with E-state index in [0.29, 0.717) is 6.42 Å². The van der Waals surface area contributed by atoms with E-state index >= 15 is 0 Å². The summed E-state index contributed by atoms with van der Waals surface area (Å²) in [4.78, 5) is 25.3. The highest BCUT2D eigenvalue weighted by atomic mass is 16.1. The number of nitrogens with one attached hydrogen (secondary N) is 2. The van der Waals surface area contributed by atoms with Crippen molar-refractivity contribution in [3.05, 3.63) is 90.3 Å². The van der Waals surface area contributed by atoms with Gasteiger partial charge in [0.2, 0.25) is 5.91 Å². The van der Waals surface area contributed by atoms with Crippen molar-refractivity contribution in [1.82, 2.24) is 15.0 Å². The van der Waals surface area contributed by atoms with Crippen LogP contribution in [0.2, 0.25) is 0 Å². The molecule has 0 saturated heterocycles. The van der Waals surface area contributed by atoms with Crippen LogP contribution in [-0.4, -0.2) is 20.9 Å². The van der Waals surface area contributed by atoms with Crippen LogP contribution in [0, 0.1) is 6.92 Å². The molecule has 2 N–H and O–H groups in total. The Hall–Kier alpha value is -3.99. The van der Waals surface area contributed by atoms with Gasteiger partial charge < -0.3 is 10.3 Å². The number of carbonyl (C=O) groups is 1. The van der Waals surface area contributed by atoms with Gasteiger partial charge in [-0.1, -0.05) is 42.5 Å². The average molecular weight is 421 g/mol. The van der Waals surface area contributed by atoms with Gasteiger partial charge in [0.05, 0.1) is 22.6 Å². The summed E-state index contributed by atoms with van der Waals surface area (Å²) >= 11 is 0. The Balaban J connectivity index is 1.34. The highest BCUT2D eigenvalue weighted by Gasteiger charge is 2.14. The Morgan fingerprint density at radius 2 is 1.75 bits per heavy atom. The first-order valence-corrected chi connectivity index (χ1v) is 10.9. The molecule has 5 nitrogen and oxygen atoms in total. The SMILES string of the molecule is Cc1cc(NC(=O)CCCc2c(-c3ccccn3)[nH]c3ccccc23)c2ccccc2n1. The van der Waals surface area contributed by atoms with Gasteiger partial charge in [-0.3, -0.25) is 14.8 Å². The molecule has 1 amide bonds. The molecule has 5 rings (SSSR count). The van der Waals surface area contributed by atoms with Crippen LogP contribution >= 0.6 is 0 Å². The summed E-state index contributed by atoms with van der Waals surface area (Å²) < 4.78 is 0. The lowest BCUT2D eigenvalue weighted by Gasteiger charge is -2.10. The number of fused-ring (bicyclic) bond motifs is 2. The molecule has 0 fully saturated rings.